The van der Waals surface area contributed by atoms with E-state index in [1.807, 2.05) is 6.07 Å². The third kappa shape index (κ3) is 6.50. The monoisotopic (exact) mass is 490 g/mol. The first kappa shape index (κ1) is 26.3. The van der Waals surface area contributed by atoms with E-state index in [1.54, 1.807) is 0 Å². The first-order valence-electron chi connectivity index (χ1n) is 12.9. The van der Waals surface area contributed by atoms with E-state index in [9.17, 15) is 4.79 Å². The number of nitrogens with one attached hydrogen (secondary N) is 1. The number of aromatic nitrogens is 2. The first-order valence-corrected chi connectivity index (χ1v) is 12.9. The Morgan fingerprint density at radius 3 is 2.75 bits per heavy atom. The predicted molar refractivity (Wildman–Crippen MR) is 140 cm³/mol. The molecule has 1 aromatic heterocycles. The summed E-state index contributed by atoms with van der Waals surface area (Å²) in [5.41, 5.74) is 4.62. The number of rotatable bonds is 9. The van der Waals surface area contributed by atoms with Crippen molar-refractivity contribution >= 4 is 11.4 Å². The maximum Gasteiger partial charge on any atom is 0.202 e. The maximum absolute atomic E-state index is 13.0. The van der Waals surface area contributed by atoms with Crippen molar-refractivity contribution in [2.75, 3.05) is 39.5 Å². The van der Waals surface area contributed by atoms with Gasteiger partial charge >= 0.3 is 0 Å². The SMILES string of the molecule is CC1(C)CC=C(c2cc(C(C)(C)OCCN3CCOCC3)ccc2CC(=O)c2ncc(C#N)[nH]2)CC1. The van der Waals surface area contributed by atoms with E-state index < -0.39 is 5.60 Å². The fourth-order valence-corrected chi connectivity index (χ4v) is 4.84. The molecule has 1 fully saturated rings. The predicted octanol–water partition coefficient (Wildman–Crippen LogP) is 4.88. The van der Waals surface area contributed by atoms with E-state index >= 15 is 0 Å². The van der Waals surface area contributed by atoms with Gasteiger partial charge in [-0.2, -0.15) is 5.26 Å². The number of nitriles is 1. The average Bonchev–Trinajstić information content (AvgIpc) is 3.35. The molecular formula is C29H38N4O3. The van der Waals surface area contributed by atoms with Gasteiger partial charge in [0.1, 0.15) is 11.8 Å². The molecule has 0 radical (unpaired) electrons. The highest BCUT2D eigenvalue weighted by molar-refractivity contribution is 5.95. The second-order valence-electron chi connectivity index (χ2n) is 11.1. The van der Waals surface area contributed by atoms with Crippen LogP contribution in [0.5, 0.6) is 0 Å². The third-order valence-corrected chi connectivity index (χ3v) is 7.41. The minimum absolute atomic E-state index is 0.122. The summed E-state index contributed by atoms with van der Waals surface area (Å²) in [5, 5.41) is 9.06. The van der Waals surface area contributed by atoms with Gasteiger partial charge < -0.3 is 14.5 Å². The molecule has 1 aliphatic heterocycles. The van der Waals surface area contributed by atoms with Crippen molar-refractivity contribution in [3.8, 4) is 6.07 Å². The number of carbonyl (C=O) groups excluding carboxylic acids is 1. The van der Waals surface area contributed by atoms with Gasteiger partial charge in [0.25, 0.3) is 0 Å². The number of hydrogen-bond acceptors (Lipinski definition) is 6. The van der Waals surface area contributed by atoms with Crippen LogP contribution in [-0.2, 0) is 21.5 Å². The van der Waals surface area contributed by atoms with Gasteiger partial charge in [-0.05, 0) is 66.9 Å². The van der Waals surface area contributed by atoms with E-state index in [0.717, 1.165) is 68.8 Å². The van der Waals surface area contributed by atoms with Crippen molar-refractivity contribution in [1.82, 2.24) is 14.9 Å². The Bertz CT molecular complexity index is 1150. The molecule has 1 saturated heterocycles. The van der Waals surface area contributed by atoms with E-state index in [1.165, 1.54) is 11.8 Å². The Hall–Kier alpha value is -2.79. The molecule has 192 valence electrons. The maximum atomic E-state index is 13.0. The molecule has 1 aromatic carbocycles. The van der Waals surface area contributed by atoms with E-state index in [0.29, 0.717) is 17.7 Å². The second-order valence-corrected chi connectivity index (χ2v) is 11.1. The Labute approximate surface area is 214 Å². The molecule has 1 aliphatic carbocycles. The van der Waals surface area contributed by atoms with Gasteiger partial charge in [-0.1, -0.05) is 32.1 Å². The van der Waals surface area contributed by atoms with Crippen molar-refractivity contribution in [2.24, 2.45) is 5.41 Å². The molecule has 0 saturated carbocycles. The molecule has 0 bridgehead atoms. The van der Waals surface area contributed by atoms with E-state index in [-0.39, 0.29) is 18.0 Å². The van der Waals surface area contributed by atoms with Gasteiger partial charge in [0.2, 0.25) is 5.78 Å². The number of allylic oxidation sites excluding steroid dienone is 2. The summed E-state index contributed by atoms with van der Waals surface area (Å²) >= 11 is 0. The quantitative estimate of drug-likeness (QED) is 0.504. The van der Waals surface area contributed by atoms with Crippen molar-refractivity contribution < 1.29 is 14.3 Å². The molecule has 1 N–H and O–H groups in total. The Morgan fingerprint density at radius 1 is 1.31 bits per heavy atom. The lowest BCUT2D eigenvalue weighted by molar-refractivity contribution is -0.0420. The molecule has 2 aliphatic rings. The molecule has 0 unspecified atom stereocenters. The molecule has 4 rings (SSSR count). The van der Waals surface area contributed by atoms with Crippen molar-refractivity contribution in [3.05, 3.63) is 58.7 Å². The number of nitrogens with zero attached hydrogens (tertiary/aromatic N) is 3. The number of ketones is 1. The van der Waals surface area contributed by atoms with Gasteiger partial charge in [0.15, 0.2) is 5.82 Å². The lowest BCUT2D eigenvalue weighted by Gasteiger charge is -2.32. The highest BCUT2D eigenvalue weighted by atomic mass is 16.5. The lowest BCUT2D eigenvalue weighted by atomic mass is 9.76. The van der Waals surface area contributed by atoms with Crippen LogP contribution < -0.4 is 0 Å². The number of imidazole rings is 1. The Kier molecular flexibility index (Phi) is 8.09. The minimum Gasteiger partial charge on any atom is -0.379 e. The van der Waals surface area contributed by atoms with E-state index in [4.69, 9.17) is 14.7 Å². The number of benzene rings is 1. The normalized spacial score (nSPS) is 18.5. The zero-order valence-electron chi connectivity index (χ0n) is 22.0. The van der Waals surface area contributed by atoms with Crippen LogP contribution in [0.15, 0.2) is 30.5 Å². The number of H-pyrrole nitrogens is 1. The average molecular weight is 491 g/mol. The largest absolute Gasteiger partial charge is 0.379 e. The van der Waals surface area contributed by atoms with Gasteiger partial charge in [0.05, 0.1) is 31.6 Å². The molecule has 2 heterocycles. The fraction of sp³-hybridized carbons (Fsp3) is 0.552. The summed E-state index contributed by atoms with van der Waals surface area (Å²) < 4.78 is 11.8. The summed E-state index contributed by atoms with van der Waals surface area (Å²) in [6.45, 7) is 13.8. The number of carbonyl (C=O) groups is 1. The van der Waals surface area contributed by atoms with Crippen LogP contribution in [0.1, 0.15) is 80.0 Å². The van der Waals surface area contributed by atoms with Crippen LogP contribution in [-0.4, -0.2) is 60.1 Å². The molecule has 7 heteroatoms. The van der Waals surface area contributed by atoms with Crippen molar-refractivity contribution in [1.29, 1.82) is 5.26 Å². The zero-order chi connectivity index (χ0) is 25.8. The lowest BCUT2D eigenvalue weighted by Crippen LogP contribution is -2.39. The molecule has 7 nitrogen and oxygen atoms in total. The van der Waals surface area contributed by atoms with Crippen LogP contribution >= 0.6 is 0 Å². The Morgan fingerprint density at radius 2 is 2.08 bits per heavy atom. The Balaban J connectivity index is 1.55. The summed E-state index contributed by atoms with van der Waals surface area (Å²) in [6.07, 6.45) is 7.08. The number of morpholine rings is 1. The van der Waals surface area contributed by atoms with Crippen molar-refractivity contribution in [2.45, 2.75) is 59.0 Å². The fourth-order valence-electron chi connectivity index (χ4n) is 4.84. The first-order chi connectivity index (χ1) is 17.2. The van der Waals surface area contributed by atoms with Crippen LogP contribution in [0.4, 0.5) is 0 Å². The third-order valence-electron chi connectivity index (χ3n) is 7.41. The standard InChI is InChI=1S/C29H38N4O3/c1-28(2)9-7-21(8-10-28)25-18-23(29(3,4)36-16-13-33-11-14-35-15-12-33)6-5-22(25)17-26(34)27-31-20-24(19-30)32-27/h5-7,18,20H,8-17H2,1-4H3,(H,31,32). The topological polar surface area (TPSA) is 91.2 Å². The minimum atomic E-state index is -0.458. The smallest absolute Gasteiger partial charge is 0.202 e. The van der Waals surface area contributed by atoms with E-state index in [2.05, 4.69) is 66.8 Å². The summed E-state index contributed by atoms with van der Waals surface area (Å²) in [4.78, 5) is 22.3. The van der Waals surface area contributed by atoms with Gasteiger partial charge in [-0.15, -0.1) is 0 Å². The molecule has 2 aromatic rings. The molecule has 0 amide bonds. The van der Waals surface area contributed by atoms with Gasteiger partial charge in [-0.3, -0.25) is 9.69 Å². The zero-order valence-corrected chi connectivity index (χ0v) is 22.0. The van der Waals surface area contributed by atoms with Gasteiger partial charge in [-0.25, -0.2) is 4.98 Å². The highest BCUT2D eigenvalue weighted by Crippen LogP contribution is 2.40. The molecule has 0 spiro atoms. The highest BCUT2D eigenvalue weighted by Gasteiger charge is 2.27. The van der Waals surface area contributed by atoms with Crippen molar-refractivity contribution in [3.63, 3.8) is 0 Å². The molecular weight excluding hydrogens is 452 g/mol. The number of aromatic amines is 1. The van der Waals surface area contributed by atoms with Gasteiger partial charge in [0, 0.05) is 26.1 Å². The molecule has 36 heavy (non-hydrogen) atoms. The molecule has 0 atom stereocenters. The summed E-state index contributed by atoms with van der Waals surface area (Å²) in [7, 11) is 0. The number of hydrogen-bond donors (Lipinski definition) is 1. The second kappa shape index (κ2) is 11.1. The number of ether oxygens (including phenoxy) is 2. The summed E-state index contributed by atoms with van der Waals surface area (Å²) in [6, 6.07) is 8.35. The van der Waals surface area contributed by atoms with Crippen LogP contribution in [0.2, 0.25) is 0 Å². The van der Waals surface area contributed by atoms with Crippen LogP contribution in [0, 0.1) is 16.7 Å². The summed E-state index contributed by atoms with van der Waals surface area (Å²) in [5.74, 6) is 0.107. The van der Waals surface area contributed by atoms with Crippen LogP contribution in [0.25, 0.3) is 5.57 Å². The van der Waals surface area contributed by atoms with Crippen LogP contribution in [0.3, 0.4) is 0 Å². The number of Topliss-reactive ketones (excluding diaryl/α,β-unsaturated/α-hetero) is 1.